The van der Waals surface area contributed by atoms with Gasteiger partial charge < -0.3 is 29.2 Å². The molecule has 0 spiro atoms. The van der Waals surface area contributed by atoms with Crippen LogP contribution in [0.1, 0.15) is 46.5 Å². The second-order valence-corrected chi connectivity index (χ2v) is 9.22. The molecule has 1 aliphatic carbocycles. The molecule has 3 rings (SSSR count). The van der Waals surface area contributed by atoms with Crippen LogP contribution >= 0.6 is 0 Å². The highest BCUT2D eigenvalue weighted by Gasteiger charge is 2.47. The molecule has 1 heterocycles. The van der Waals surface area contributed by atoms with E-state index in [0.29, 0.717) is 36.0 Å². The number of allylic oxidation sites excluding steroid dienone is 2. The predicted molar refractivity (Wildman–Crippen MR) is 124 cm³/mol. The molecular formula is C26H36O7. The maximum Gasteiger partial charge on any atom is 0.343 e. The van der Waals surface area contributed by atoms with Gasteiger partial charge in [-0.25, -0.2) is 4.79 Å². The van der Waals surface area contributed by atoms with E-state index in [4.69, 9.17) is 14.2 Å². The minimum absolute atomic E-state index is 0.233. The van der Waals surface area contributed by atoms with Crippen LogP contribution in [0.25, 0.3) is 0 Å². The summed E-state index contributed by atoms with van der Waals surface area (Å²) in [6.07, 6.45) is 7.01. The number of aliphatic hydroxyl groups excluding tert-OH is 2. The van der Waals surface area contributed by atoms with E-state index in [0.717, 1.165) is 12.8 Å². The fourth-order valence-corrected chi connectivity index (χ4v) is 4.34. The summed E-state index contributed by atoms with van der Waals surface area (Å²) < 4.78 is 22.4. The van der Waals surface area contributed by atoms with Crippen LogP contribution in [0.2, 0.25) is 0 Å². The molecule has 6 unspecified atom stereocenters. The van der Waals surface area contributed by atoms with Gasteiger partial charge in [-0.15, -0.1) is 0 Å². The Hall–Kier alpha value is -2.51. The number of para-hydroxylation sites is 1. The zero-order valence-corrected chi connectivity index (χ0v) is 19.9. The van der Waals surface area contributed by atoms with Crippen molar-refractivity contribution >= 4 is 5.97 Å². The third-order valence-corrected chi connectivity index (χ3v) is 6.12. The number of carbonyl (C=O) groups is 1. The predicted octanol–water partition coefficient (Wildman–Crippen LogP) is 3.82. The zero-order valence-electron chi connectivity index (χ0n) is 19.9. The van der Waals surface area contributed by atoms with Crippen LogP contribution in [0, 0.1) is 11.8 Å². The van der Waals surface area contributed by atoms with Gasteiger partial charge in [0.05, 0.1) is 19.3 Å². The molecule has 1 fully saturated rings. The van der Waals surface area contributed by atoms with Crippen molar-refractivity contribution in [2.24, 2.45) is 11.8 Å². The monoisotopic (exact) mass is 460 g/mol. The van der Waals surface area contributed by atoms with Gasteiger partial charge in [0.15, 0.2) is 18.1 Å². The Kier molecular flexibility index (Phi) is 8.80. The van der Waals surface area contributed by atoms with Crippen molar-refractivity contribution in [3.05, 3.63) is 42.0 Å². The van der Waals surface area contributed by atoms with Crippen LogP contribution in [0.3, 0.4) is 0 Å². The number of rotatable bonds is 10. The van der Waals surface area contributed by atoms with E-state index in [1.54, 1.807) is 24.3 Å². The highest BCUT2D eigenvalue weighted by molar-refractivity contribution is 5.71. The van der Waals surface area contributed by atoms with Gasteiger partial charge in [0.1, 0.15) is 12.2 Å². The molecule has 0 amide bonds. The second kappa shape index (κ2) is 11.6. The van der Waals surface area contributed by atoms with E-state index in [9.17, 15) is 15.0 Å². The van der Waals surface area contributed by atoms with Crippen LogP contribution in [0.4, 0.5) is 0 Å². The third kappa shape index (κ3) is 6.74. The van der Waals surface area contributed by atoms with Crippen molar-refractivity contribution in [3.8, 4) is 17.2 Å². The van der Waals surface area contributed by atoms with E-state index in [1.807, 2.05) is 6.08 Å². The lowest BCUT2D eigenvalue weighted by atomic mass is 9.95. The molecule has 0 saturated heterocycles. The quantitative estimate of drug-likeness (QED) is 0.405. The summed E-state index contributed by atoms with van der Waals surface area (Å²) in [5, 5.41) is 21.1. The number of ether oxygens (including phenoxy) is 4. The molecule has 2 aliphatic rings. The van der Waals surface area contributed by atoms with Crippen molar-refractivity contribution < 1.29 is 34.0 Å². The Morgan fingerprint density at radius 2 is 2.09 bits per heavy atom. The molecular weight excluding hydrogens is 424 g/mol. The van der Waals surface area contributed by atoms with Gasteiger partial charge in [0.25, 0.3) is 0 Å². The maximum absolute atomic E-state index is 11.4. The van der Waals surface area contributed by atoms with Crippen LogP contribution in [0.15, 0.2) is 42.0 Å². The first-order valence-corrected chi connectivity index (χ1v) is 11.6. The van der Waals surface area contributed by atoms with Gasteiger partial charge >= 0.3 is 5.97 Å². The molecule has 33 heavy (non-hydrogen) atoms. The fraction of sp³-hybridized carbons (Fsp3) is 0.577. The molecule has 0 aromatic heterocycles. The number of benzene rings is 1. The van der Waals surface area contributed by atoms with Gasteiger partial charge in [-0.3, -0.25) is 0 Å². The average molecular weight is 461 g/mol. The van der Waals surface area contributed by atoms with Crippen molar-refractivity contribution in [2.45, 2.75) is 70.9 Å². The normalized spacial score (nSPS) is 25.3. The number of aliphatic hydroxyl groups is 2. The smallest absolute Gasteiger partial charge is 0.343 e. The van der Waals surface area contributed by atoms with E-state index >= 15 is 0 Å². The molecule has 7 heteroatoms. The first kappa shape index (κ1) is 25.1. The first-order valence-electron chi connectivity index (χ1n) is 11.6. The number of hydrogen-bond acceptors (Lipinski definition) is 7. The lowest BCUT2D eigenvalue weighted by molar-refractivity contribution is -0.143. The summed E-state index contributed by atoms with van der Waals surface area (Å²) in [6, 6.07) is 5.22. The van der Waals surface area contributed by atoms with E-state index in [1.165, 1.54) is 12.7 Å². The molecule has 182 valence electrons. The van der Waals surface area contributed by atoms with Crippen LogP contribution in [0.5, 0.6) is 17.2 Å². The standard InChI is InChI=1S/C26H36O7/c1-16(2)7-5-8-17(3)13-18(27)11-12-19-20(28)14-23-25(19)32-22-10-6-9-21(26(22)33-23)31-15-24(29)30-4/h6-7,9-12,17-20,23,25,27-28H,5,8,13-15H2,1-4H3. The van der Waals surface area contributed by atoms with Crippen LogP contribution in [-0.4, -0.2) is 54.3 Å². The highest BCUT2D eigenvalue weighted by Crippen LogP contribution is 2.46. The highest BCUT2D eigenvalue weighted by atomic mass is 16.6. The average Bonchev–Trinajstić information content (AvgIpc) is 3.07. The Morgan fingerprint density at radius 1 is 1.30 bits per heavy atom. The molecule has 2 N–H and O–H groups in total. The summed E-state index contributed by atoms with van der Waals surface area (Å²) in [7, 11) is 1.30. The number of methoxy groups -OCH3 is 1. The van der Waals surface area contributed by atoms with Gasteiger partial charge in [0.2, 0.25) is 5.75 Å². The van der Waals surface area contributed by atoms with Crippen LogP contribution < -0.4 is 14.2 Å². The summed E-state index contributed by atoms with van der Waals surface area (Å²) in [5.74, 6) is 0.921. The summed E-state index contributed by atoms with van der Waals surface area (Å²) in [6.45, 7) is 6.09. The first-order chi connectivity index (χ1) is 15.8. The number of hydrogen-bond donors (Lipinski definition) is 2. The Bertz CT molecular complexity index is 858. The molecule has 0 radical (unpaired) electrons. The van der Waals surface area contributed by atoms with Gasteiger partial charge in [-0.2, -0.15) is 0 Å². The van der Waals surface area contributed by atoms with Crippen LogP contribution in [-0.2, 0) is 9.53 Å². The molecule has 7 nitrogen and oxygen atoms in total. The summed E-state index contributed by atoms with van der Waals surface area (Å²) >= 11 is 0. The van der Waals surface area contributed by atoms with Crippen molar-refractivity contribution in [2.75, 3.05) is 13.7 Å². The molecule has 1 aromatic rings. The van der Waals surface area contributed by atoms with Gasteiger partial charge in [0, 0.05) is 12.3 Å². The topological polar surface area (TPSA) is 94.5 Å². The minimum Gasteiger partial charge on any atom is -0.482 e. The zero-order chi connectivity index (χ0) is 24.0. The third-order valence-electron chi connectivity index (χ3n) is 6.12. The van der Waals surface area contributed by atoms with E-state index < -0.39 is 18.2 Å². The van der Waals surface area contributed by atoms with E-state index in [-0.39, 0.29) is 24.7 Å². The molecule has 1 saturated carbocycles. The number of fused-ring (bicyclic) bond motifs is 2. The second-order valence-electron chi connectivity index (χ2n) is 9.22. The summed E-state index contributed by atoms with van der Waals surface area (Å²) in [4.78, 5) is 11.4. The lowest BCUT2D eigenvalue weighted by Crippen LogP contribution is -2.39. The van der Waals surface area contributed by atoms with Crippen molar-refractivity contribution in [3.63, 3.8) is 0 Å². The fourth-order valence-electron chi connectivity index (χ4n) is 4.34. The largest absolute Gasteiger partial charge is 0.482 e. The van der Waals surface area contributed by atoms with Crippen molar-refractivity contribution in [1.82, 2.24) is 0 Å². The molecule has 1 aromatic carbocycles. The Labute approximate surface area is 196 Å². The number of carbonyl (C=O) groups excluding carboxylic acids is 1. The van der Waals surface area contributed by atoms with Crippen molar-refractivity contribution in [1.29, 1.82) is 0 Å². The Balaban J connectivity index is 1.61. The SMILES string of the molecule is COC(=O)COc1cccc2c1OC1CC(O)C(C=CC(O)CC(C)CCC=C(C)C)C1O2. The summed E-state index contributed by atoms with van der Waals surface area (Å²) in [5.41, 5.74) is 1.31. The van der Waals surface area contributed by atoms with Gasteiger partial charge in [-0.1, -0.05) is 36.8 Å². The number of esters is 1. The van der Waals surface area contributed by atoms with Gasteiger partial charge in [-0.05, 0) is 51.2 Å². The minimum atomic E-state index is -0.646. The molecule has 0 bridgehead atoms. The lowest BCUT2D eigenvalue weighted by Gasteiger charge is -2.32. The Morgan fingerprint density at radius 3 is 2.82 bits per heavy atom. The molecule has 1 aliphatic heterocycles. The maximum atomic E-state index is 11.4. The molecule has 6 atom stereocenters. The van der Waals surface area contributed by atoms with E-state index in [2.05, 4.69) is 31.6 Å².